The second-order valence-corrected chi connectivity index (χ2v) is 4.42. The van der Waals surface area contributed by atoms with Gasteiger partial charge in [0.05, 0.1) is 7.05 Å². The number of hydrogen-bond acceptors (Lipinski definition) is 3. The van der Waals surface area contributed by atoms with Gasteiger partial charge >= 0.3 is 0 Å². The van der Waals surface area contributed by atoms with Crippen LogP contribution in [0.15, 0.2) is 0 Å². The molecule has 0 spiro atoms. The van der Waals surface area contributed by atoms with E-state index in [-0.39, 0.29) is 5.41 Å². The minimum absolute atomic E-state index is 0.0963. The highest BCUT2D eigenvalue weighted by Gasteiger charge is 2.29. The molecule has 0 aliphatic rings. The molecule has 0 saturated heterocycles. The molecule has 0 amide bonds. The predicted molar refractivity (Wildman–Crippen MR) is 61.3 cm³/mol. The molecule has 0 aromatic carbocycles. The third kappa shape index (κ3) is 3.31. The Morgan fingerprint density at radius 2 is 2.00 bits per heavy atom. The Hall–Kier alpha value is -0.350. The van der Waals surface area contributed by atoms with Crippen molar-refractivity contribution in [3.05, 3.63) is 5.82 Å². The molecule has 0 aliphatic carbocycles. The quantitative estimate of drug-likeness (QED) is 0.726. The number of hydrogen-bond donors (Lipinski definition) is 0. The molecule has 0 unspecified atom stereocenters. The summed E-state index contributed by atoms with van der Waals surface area (Å²) < 4.78 is 0. The Labute approximate surface area is 99.9 Å². The van der Waals surface area contributed by atoms with Crippen molar-refractivity contribution in [2.45, 2.75) is 26.2 Å². The van der Waals surface area contributed by atoms with Crippen molar-refractivity contribution in [2.24, 2.45) is 12.5 Å². The fourth-order valence-corrected chi connectivity index (χ4v) is 2.35. The first kappa shape index (κ1) is 12.7. The average molecular weight is 251 g/mol. The van der Waals surface area contributed by atoms with Gasteiger partial charge in [0.2, 0.25) is 0 Å². The minimum Gasteiger partial charge on any atom is -0.167 e. The lowest BCUT2D eigenvalue weighted by Crippen LogP contribution is -2.28. The van der Waals surface area contributed by atoms with Gasteiger partial charge in [0.25, 0.3) is 0 Å². The van der Waals surface area contributed by atoms with Crippen LogP contribution in [0.1, 0.15) is 25.6 Å². The van der Waals surface area contributed by atoms with Crippen LogP contribution < -0.4 is 0 Å². The van der Waals surface area contributed by atoms with Gasteiger partial charge in [0.1, 0.15) is 0 Å². The zero-order valence-electron chi connectivity index (χ0n) is 9.08. The zero-order chi connectivity index (χ0) is 11.3. The van der Waals surface area contributed by atoms with Gasteiger partial charge in [0.15, 0.2) is 5.82 Å². The van der Waals surface area contributed by atoms with Crippen molar-refractivity contribution < 1.29 is 0 Å². The molecule has 1 rings (SSSR count). The van der Waals surface area contributed by atoms with Gasteiger partial charge in [-0.3, -0.25) is 0 Å². The topological polar surface area (TPSA) is 43.6 Å². The molecule has 0 radical (unpaired) electrons. The lowest BCUT2D eigenvalue weighted by atomic mass is 9.84. The number of halogens is 2. The summed E-state index contributed by atoms with van der Waals surface area (Å²) in [7, 11) is 1.75. The largest absolute Gasteiger partial charge is 0.175 e. The predicted octanol–water partition coefficient (Wildman–Crippen LogP) is 2.02. The highest BCUT2D eigenvalue weighted by molar-refractivity contribution is 6.21. The number of tetrazole rings is 1. The first-order chi connectivity index (χ1) is 7.15. The average Bonchev–Trinajstić information content (AvgIpc) is 2.63. The molecule has 0 N–H and O–H groups in total. The highest BCUT2D eigenvalue weighted by Crippen LogP contribution is 2.30. The summed E-state index contributed by atoms with van der Waals surface area (Å²) in [6.07, 6.45) is 2.74. The molecular weight excluding hydrogens is 235 g/mol. The number of aromatic nitrogens is 4. The van der Waals surface area contributed by atoms with Crippen LogP contribution in [-0.4, -0.2) is 32.0 Å². The van der Waals surface area contributed by atoms with Gasteiger partial charge in [-0.2, -0.15) is 4.80 Å². The van der Waals surface area contributed by atoms with E-state index in [2.05, 4.69) is 22.3 Å². The van der Waals surface area contributed by atoms with Crippen molar-refractivity contribution in [2.75, 3.05) is 11.8 Å². The smallest absolute Gasteiger partial charge is 0.167 e. The van der Waals surface area contributed by atoms with Crippen molar-refractivity contribution in [1.82, 2.24) is 20.2 Å². The van der Waals surface area contributed by atoms with E-state index < -0.39 is 0 Å². The van der Waals surface area contributed by atoms with E-state index in [9.17, 15) is 0 Å². The van der Waals surface area contributed by atoms with Gasteiger partial charge in [-0.05, 0) is 11.6 Å². The van der Waals surface area contributed by atoms with Crippen LogP contribution >= 0.6 is 23.2 Å². The molecule has 6 heteroatoms. The summed E-state index contributed by atoms with van der Waals surface area (Å²) in [5.41, 5.74) is -0.0963. The molecule has 4 nitrogen and oxygen atoms in total. The Morgan fingerprint density at radius 3 is 2.40 bits per heavy atom. The second-order valence-electron chi connectivity index (χ2n) is 3.89. The van der Waals surface area contributed by atoms with E-state index in [0.717, 1.165) is 12.8 Å². The number of nitrogens with zero attached hydrogens (tertiary/aromatic N) is 4. The summed E-state index contributed by atoms with van der Waals surface area (Å²) in [4.78, 5) is 1.45. The van der Waals surface area contributed by atoms with Gasteiger partial charge in [-0.1, -0.05) is 13.3 Å². The molecule has 0 bridgehead atoms. The van der Waals surface area contributed by atoms with Gasteiger partial charge in [-0.15, -0.1) is 33.4 Å². The Balaban J connectivity index is 2.73. The van der Waals surface area contributed by atoms with Crippen LogP contribution in [0.3, 0.4) is 0 Å². The minimum atomic E-state index is -0.0963. The van der Waals surface area contributed by atoms with Gasteiger partial charge in [-0.25, -0.2) is 0 Å². The molecule has 15 heavy (non-hydrogen) atoms. The van der Waals surface area contributed by atoms with E-state index in [4.69, 9.17) is 23.2 Å². The summed E-state index contributed by atoms with van der Waals surface area (Å²) in [6.45, 7) is 2.12. The van der Waals surface area contributed by atoms with Gasteiger partial charge < -0.3 is 0 Å². The molecule has 0 saturated carbocycles. The zero-order valence-corrected chi connectivity index (χ0v) is 10.6. The van der Waals surface area contributed by atoms with Crippen LogP contribution in [0.4, 0.5) is 0 Å². The molecule has 0 aliphatic heterocycles. The number of alkyl halides is 2. The number of rotatable bonds is 6. The van der Waals surface area contributed by atoms with Crippen molar-refractivity contribution in [3.63, 3.8) is 0 Å². The molecule has 1 aromatic heterocycles. The van der Waals surface area contributed by atoms with Crippen LogP contribution in [0.5, 0.6) is 0 Å². The maximum absolute atomic E-state index is 5.99. The van der Waals surface area contributed by atoms with E-state index in [1.54, 1.807) is 7.05 Å². The highest BCUT2D eigenvalue weighted by atomic mass is 35.5. The third-order valence-electron chi connectivity index (χ3n) is 2.43. The van der Waals surface area contributed by atoms with E-state index >= 15 is 0 Å². The summed E-state index contributed by atoms with van der Waals surface area (Å²) in [5.74, 6) is 1.78. The SMILES string of the molecule is CCCC(CCl)(CCl)Cc1nnn(C)n1. The maximum Gasteiger partial charge on any atom is 0.175 e. The molecular formula is C9H16Cl2N4. The normalized spacial score (nSPS) is 12.0. The monoisotopic (exact) mass is 250 g/mol. The Kier molecular flexibility index (Phi) is 4.80. The van der Waals surface area contributed by atoms with Crippen LogP contribution in [-0.2, 0) is 13.5 Å². The summed E-state index contributed by atoms with van der Waals surface area (Å²) in [5, 5.41) is 11.9. The van der Waals surface area contributed by atoms with Gasteiger partial charge in [0, 0.05) is 23.6 Å². The van der Waals surface area contributed by atoms with E-state index in [1.807, 2.05) is 0 Å². The lowest BCUT2D eigenvalue weighted by molar-refractivity contribution is 0.333. The standard InChI is InChI=1S/C9H16Cl2N4/c1-3-4-9(6-10,7-11)5-8-12-14-15(2)13-8/h3-7H2,1-2H3. The van der Waals surface area contributed by atoms with E-state index in [1.165, 1.54) is 4.80 Å². The Bertz CT molecular complexity index is 296. The summed E-state index contributed by atoms with van der Waals surface area (Å²) >= 11 is 12.0. The Morgan fingerprint density at radius 1 is 1.33 bits per heavy atom. The molecule has 0 fully saturated rings. The fourth-order valence-electron chi connectivity index (χ4n) is 1.61. The third-order valence-corrected chi connectivity index (χ3v) is 3.56. The molecule has 1 heterocycles. The first-order valence-corrected chi connectivity index (χ1v) is 6.07. The maximum atomic E-state index is 5.99. The van der Waals surface area contributed by atoms with Crippen molar-refractivity contribution >= 4 is 23.2 Å². The number of aryl methyl sites for hydroxylation is 1. The summed E-state index contributed by atoms with van der Waals surface area (Å²) in [6, 6.07) is 0. The van der Waals surface area contributed by atoms with Crippen molar-refractivity contribution in [3.8, 4) is 0 Å². The van der Waals surface area contributed by atoms with Crippen LogP contribution in [0, 0.1) is 5.41 Å². The van der Waals surface area contributed by atoms with Crippen molar-refractivity contribution in [1.29, 1.82) is 0 Å². The fraction of sp³-hybridized carbons (Fsp3) is 0.889. The molecule has 1 aromatic rings. The molecule has 0 atom stereocenters. The molecule has 86 valence electrons. The lowest BCUT2D eigenvalue weighted by Gasteiger charge is -2.27. The van der Waals surface area contributed by atoms with Crippen LogP contribution in [0.2, 0.25) is 0 Å². The second kappa shape index (κ2) is 5.66. The van der Waals surface area contributed by atoms with Crippen LogP contribution in [0.25, 0.3) is 0 Å². The first-order valence-electron chi connectivity index (χ1n) is 5.00. The van der Waals surface area contributed by atoms with E-state index in [0.29, 0.717) is 24.0 Å².